The third-order valence-electron chi connectivity index (χ3n) is 3.71. The van der Waals surface area contributed by atoms with Gasteiger partial charge in [-0.25, -0.2) is 14.2 Å². The molecule has 0 fully saturated rings. The summed E-state index contributed by atoms with van der Waals surface area (Å²) >= 11 is 3.42. The lowest BCUT2D eigenvalue weighted by molar-refractivity contribution is 0.0698. The van der Waals surface area contributed by atoms with E-state index in [-0.39, 0.29) is 5.56 Å². The number of carboxylic acids is 1. The van der Waals surface area contributed by atoms with E-state index < -0.39 is 11.8 Å². The molecule has 0 bridgehead atoms. The Hall–Kier alpha value is -2.27. The van der Waals surface area contributed by atoms with Gasteiger partial charge in [0.05, 0.1) is 16.8 Å². The zero-order valence-electron chi connectivity index (χ0n) is 12.3. The van der Waals surface area contributed by atoms with Crippen LogP contribution in [0.15, 0.2) is 46.9 Å². The Morgan fingerprint density at radius 2 is 2.04 bits per heavy atom. The molecule has 23 heavy (non-hydrogen) atoms. The van der Waals surface area contributed by atoms with Gasteiger partial charge in [0.1, 0.15) is 5.82 Å². The summed E-state index contributed by atoms with van der Waals surface area (Å²) in [6.45, 7) is 1.87. The summed E-state index contributed by atoms with van der Waals surface area (Å²) < 4.78 is 14.4. The third-order valence-corrected chi connectivity index (χ3v) is 4.21. The summed E-state index contributed by atoms with van der Waals surface area (Å²) in [5, 5.41) is 9.98. The summed E-state index contributed by atoms with van der Waals surface area (Å²) in [7, 11) is 0. The van der Waals surface area contributed by atoms with Crippen molar-refractivity contribution >= 4 is 32.8 Å². The zero-order chi connectivity index (χ0) is 16.6. The highest BCUT2D eigenvalue weighted by molar-refractivity contribution is 9.10. The molecule has 3 rings (SSSR count). The van der Waals surface area contributed by atoms with Crippen molar-refractivity contribution in [1.29, 1.82) is 0 Å². The molecule has 0 saturated carbocycles. The number of carboxylic acid groups (broad SMARTS) is 1. The first-order chi connectivity index (χ1) is 11.0. The molecule has 0 spiro atoms. The van der Waals surface area contributed by atoms with E-state index in [0.717, 1.165) is 10.0 Å². The molecule has 3 nitrogen and oxygen atoms in total. The van der Waals surface area contributed by atoms with Gasteiger partial charge in [0.15, 0.2) is 0 Å². The molecule has 0 aliphatic rings. The maximum Gasteiger partial charge on any atom is 0.336 e. The number of aromatic nitrogens is 1. The van der Waals surface area contributed by atoms with Crippen molar-refractivity contribution in [3.05, 3.63) is 63.9 Å². The quantitative estimate of drug-likeness (QED) is 0.697. The second-order valence-electron chi connectivity index (χ2n) is 5.14. The normalized spacial score (nSPS) is 10.9. The van der Waals surface area contributed by atoms with Crippen molar-refractivity contribution in [1.82, 2.24) is 4.98 Å². The number of aromatic carboxylic acids is 1. The van der Waals surface area contributed by atoms with Gasteiger partial charge < -0.3 is 5.11 Å². The Bertz CT molecular complexity index is 924. The molecule has 5 heteroatoms. The minimum Gasteiger partial charge on any atom is -0.478 e. The Kier molecular flexibility index (Phi) is 4.13. The van der Waals surface area contributed by atoms with Gasteiger partial charge in [0, 0.05) is 15.4 Å². The van der Waals surface area contributed by atoms with Gasteiger partial charge in [-0.1, -0.05) is 35.0 Å². The molecule has 0 saturated heterocycles. The first-order valence-corrected chi connectivity index (χ1v) is 7.92. The summed E-state index contributed by atoms with van der Waals surface area (Å²) in [4.78, 5) is 16.4. The van der Waals surface area contributed by atoms with Gasteiger partial charge in [-0.15, -0.1) is 0 Å². The molecule has 1 heterocycles. The fraction of sp³-hybridized carbons (Fsp3) is 0.111. The van der Waals surface area contributed by atoms with Crippen LogP contribution in [0.4, 0.5) is 4.39 Å². The van der Waals surface area contributed by atoms with E-state index in [2.05, 4.69) is 20.9 Å². The van der Waals surface area contributed by atoms with Crippen LogP contribution in [0.5, 0.6) is 0 Å². The number of nitrogens with zero attached hydrogens (tertiary/aromatic N) is 1. The van der Waals surface area contributed by atoms with Gasteiger partial charge in [0.25, 0.3) is 0 Å². The van der Waals surface area contributed by atoms with Crippen LogP contribution >= 0.6 is 15.9 Å². The van der Waals surface area contributed by atoms with Gasteiger partial charge >= 0.3 is 5.97 Å². The number of halogens is 2. The molecular formula is C18H13BrFNO2. The lowest BCUT2D eigenvalue weighted by Crippen LogP contribution is -2.07. The van der Waals surface area contributed by atoms with Crippen LogP contribution in [0.1, 0.15) is 22.8 Å². The topological polar surface area (TPSA) is 50.2 Å². The van der Waals surface area contributed by atoms with Crippen LogP contribution in [-0.2, 0) is 6.42 Å². The van der Waals surface area contributed by atoms with Crippen molar-refractivity contribution in [2.24, 2.45) is 0 Å². The maximum absolute atomic E-state index is 13.6. The van der Waals surface area contributed by atoms with E-state index in [1.54, 1.807) is 0 Å². The van der Waals surface area contributed by atoms with Crippen molar-refractivity contribution < 1.29 is 14.3 Å². The highest BCUT2D eigenvalue weighted by Crippen LogP contribution is 2.32. The summed E-state index contributed by atoms with van der Waals surface area (Å²) in [5.41, 5.74) is 2.63. The molecule has 116 valence electrons. The highest BCUT2D eigenvalue weighted by atomic mass is 79.9. The second kappa shape index (κ2) is 6.08. The Labute approximate surface area is 140 Å². The number of carbonyl (C=O) groups is 1. The average Bonchev–Trinajstić information content (AvgIpc) is 2.52. The third kappa shape index (κ3) is 2.84. The minimum atomic E-state index is -1.07. The lowest BCUT2D eigenvalue weighted by atomic mass is 9.95. The molecule has 3 aromatic rings. The SMILES string of the molecule is CCc1c(-c2cccc(Br)c2)nc2ccc(F)cc2c1C(=O)O. The van der Waals surface area contributed by atoms with E-state index in [1.807, 2.05) is 31.2 Å². The zero-order valence-corrected chi connectivity index (χ0v) is 13.9. The van der Waals surface area contributed by atoms with Gasteiger partial charge in [0.2, 0.25) is 0 Å². The van der Waals surface area contributed by atoms with E-state index in [0.29, 0.717) is 28.6 Å². The Morgan fingerprint density at radius 3 is 2.70 bits per heavy atom. The molecule has 0 aliphatic heterocycles. The minimum absolute atomic E-state index is 0.118. The van der Waals surface area contributed by atoms with Crippen LogP contribution in [0.3, 0.4) is 0 Å². The fourth-order valence-corrected chi connectivity index (χ4v) is 3.14. The number of benzene rings is 2. The molecular weight excluding hydrogens is 361 g/mol. The first kappa shape index (κ1) is 15.6. The summed E-state index contributed by atoms with van der Waals surface area (Å²) in [5.74, 6) is -1.55. The van der Waals surface area contributed by atoms with Crippen molar-refractivity contribution in [2.75, 3.05) is 0 Å². The Balaban J connectivity index is 2.43. The van der Waals surface area contributed by atoms with Gasteiger partial charge in [-0.05, 0) is 42.3 Å². The fourth-order valence-electron chi connectivity index (χ4n) is 2.74. The summed E-state index contributed by atoms with van der Waals surface area (Å²) in [6, 6.07) is 11.6. The van der Waals surface area contributed by atoms with Crippen molar-refractivity contribution in [3.8, 4) is 11.3 Å². The predicted molar refractivity (Wildman–Crippen MR) is 91.2 cm³/mol. The predicted octanol–water partition coefficient (Wildman–Crippen LogP) is 5.06. The molecule has 0 unspecified atom stereocenters. The maximum atomic E-state index is 13.6. The van der Waals surface area contributed by atoms with Gasteiger partial charge in [-0.2, -0.15) is 0 Å². The van der Waals surface area contributed by atoms with Crippen LogP contribution in [-0.4, -0.2) is 16.1 Å². The highest BCUT2D eigenvalue weighted by Gasteiger charge is 2.20. The number of hydrogen-bond acceptors (Lipinski definition) is 2. The largest absolute Gasteiger partial charge is 0.478 e. The van der Waals surface area contributed by atoms with E-state index in [1.165, 1.54) is 18.2 Å². The smallest absolute Gasteiger partial charge is 0.336 e. The van der Waals surface area contributed by atoms with Gasteiger partial charge in [-0.3, -0.25) is 0 Å². The van der Waals surface area contributed by atoms with Crippen molar-refractivity contribution in [2.45, 2.75) is 13.3 Å². The van der Waals surface area contributed by atoms with E-state index in [9.17, 15) is 14.3 Å². The number of fused-ring (bicyclic) bond motifs is 1. The standard InChI is InChI=1S/C18H13BrFNO2/c1-2-13-16(18(22)23)14-9-12(20)6-7-15(14)21-17(13)10-4-3-5-11(19)8-10/h3-9H,2H2,1H3,(H,22,23). The van der Waals surface area contributed by atoms with Crippen molar-refractivity contribution in [3.63, 3.8) is 0 Å². The first-order valence-electron chi connectivity index (χ1n) is 7.12. The molecule has 0 aliphatic carbocycles. The lowest BCUT2D eigenvalue weighted by Gasteiger charge is -2.14. The second-order valence-corrected chi connectivity index (χ2v) is 6.06. The average molecular weight is 374 g/mol. The number of hydrogen-bond donors (Lipinski definition) is 1. The Morgan fingerprint density at radius 1 is 1.26 bits per heavy atom. The summed E-state index contributed by atoms with van der Waals surface area (Å²) in [6.07, 6.45) is 0.489. The molecule has 0 atom stereocenters. The van der Waals surface area contributed by atoms with E-state index >= 15 is 0 Å². The van der Waals surface area contributed by atoms with Crippen LogP contribution < -0.4 is 0 Å². The number of rotatable bonds is 3. The molecule has 0 amide bonds. The molecule has 0 radical (unpaired) electrons. The molecule has 1 N–H and O–H groups in total. The monoisotopic (exact) mass is 373 g/mol. The van der Waals surface area contributed by atoms with Crippen LogP contribution in [0.2, 0.25) is 0 Å². The van der Waals surface area contributed by atoms with Crippen LogP contribution in [0, 0.1) is 5.82 Å². The molecule has 2 aromatic carbocycles. The van der Waals surface area contributed by atoms with E-state index in [4.69, 9.17) is 0 Å². The van der Waals surface area contributed by atoms with Crippen LogP contribution in [0.25, 0.3) is 22.2 Å². The number of pyridine rings is 1. The molecule has 1 aromatic heterocycles.